The van der Waals surface area contributed by atoms with E-state index in [1.54, 1.807) is 5.57 Å². The Morgan fingerprint density at radius 2 is 1.54 bits per heavy atom. The smallest absolute Gasteiger partial charge is 0.140 e. The number of nitrogens with one attached hydrogen (secondary N) is 2. The third-order valence-corrected chi connectivity index (χ3v) is 16.7. The van der Waals surface area contributed by atoms with Crippen molar-refractivity contribution in [3.63, 3.8) is 0 Å². The Labute approximate surface area is 412 Å². The van der Waals surface area contributed by atoms with Crippen molar-refractivity contribution >= 4 is 22.9 Å². The summed E-state index contributed by atoms with van der Waals surface area (Å²) in [5.74, 6) is 4.61. The molecule has 8 aliphatic rings. The molecule has 2 aromatic carbocycles. The maximum Gasteiger partial charge on any atom is 0.140 e. The van der Waals surface area contributed by atoms with Crippen LogP contribution in [0.1, 0.15) is 138 Å². The molecule has 5 nitrogen and oxygen atoms in total. The van der Waals surface area contributed by atoms with E-state index < -0.39 is 5.66 Å². The Kier molecular flexibility index (Phi) is 12.8. The van der Waals surface area contributed by atoms with Gasteiger partial charge in [-0.2, -0.15) is 0 Å². The van der Waals surface area contributed by atoms with Gasteiger partial charge in [-0.15, -0.1) is 0 Å². The molecule has 8 unspecified atom stereocenters. The van der Waals surface area contributed by atoms with Crippen molar-refractivity contribution in [2.24, 2.45) is 34.1 Å². The lowest BCUT2D eigenvalue weighted by molar-refractivity contribution is 0.260. The number of aromatic nitrogens is 1. The Morgan fingerprint density at radius 3 is 2.26 bits per heavy atom. The Bertz CT molecular complexity index is 2790. The Hall–Kier alpha value is -6.04. The predicted octanol–water partition coefficient (Wildman–Crippen LogP) is 15.4. The average molecular weight is 910 g/mol. The zero-order valence-electron chi connectivity index (χ0n) is 41.3. The monoisotopic (exact) mass is 910 g/mol. The molecule has 3 heterocycles. The van der Waals surface area contributed by atoms with Gasteiger partial charge in [0.1, 0.15) is 23.5 Å². The minimum Gasteiger partial charge on any atom is -0.352 e. The van der Waals surface area contributed by atoms with Gasteiger partial charge in [-0.3, -0.25) is 5.32 Å². The molecule has 0 radical (unpaired) electrons. The summed E-state index contributed by atoms with van der Waals surface area (Å²) in [6.45, 7) is 9.05. The Morgan fingerprint density at radius 1 is 0.797 bits per heavy atom. The first-order valence-electron chi connectivity index (χ1n) is 26.3. The van der Waals surface area contributed by atoms with Crippen LogP contribution in [-0.4, -0.2) is 16.9 Å². The van der Waals surface area contributed by atoms with Crippen LogP contribution in [0, 0.1) is 29.1 Å². The van der Waals surface area contributed by atoms with E-state index in [0.717, 1.165) is 49.3 Å². The number of pyridine rings is 1. The molecule has 0 saturated heterocycles. The second-order valence-electron chi connectivity index (χ2n) is 21.7. The first-order chi connectivity index (χ1) is 33.8. The van der Waals surface area contributed by atoms with Crippen LogP contribution in [0.2, 0.25) is 0 Å². The molecule has 8 atom stereocenters. The number of allylic oxidation sites excluding steroid dienone is 20. The van der Waals surface area contributed by atoms with Gasteiger partial charge in [0.2, 0.25) is 0 Å². The fourth-order valence-electron chi connectivity index (χ4n) is 12.7. The van der Waals surface area contributed by atoms with Crippen molar-refractivity contribution in [2.45, 2.75) is 122 Å². The van der Waals surface area contributed by atoms with Gasteiger partial charge >= 0.3 is 0 Å². The number of hydrogen-bond acceptors (Lipinski definition) is 5. The molecule has 3 aromatic rings. The molecule has 0 spiro atoms. The summed E-state index contributed by atoms with van der Waals surface area (Å²) in [6.07, 6.45) is 57.9. The van der Waals surface area contributed by atoms with Crippen LogP contribution in [0.4, 0.5) is 11.5 Å². The highest BCUT2D eigenvalue weighted by Gasteiger charge is 2.45. The topological polar surface area (TPSA) is 52.6 Å². The van der Waals surface area contributed by atoms with Crippen LogP contribution >= 0.6 is 0 Å². The van der Waals surface area contributed by atoms with E-state index >= 15 is 0 Å². The van der Waals surface area contributed by atoms with E-state index in [4.69, 9.17) is 9.98 Å². The first kappa shape index (κ1) is 45.4. The summed E-state index contributed by atoms with van der Waals surface area (Å²) >= 11 is 0. The summed E-state index contributed by atoms with van der Waals surface area (Å²) in [6, 6.07) is 20.7. The van der Waals surface area contributed by atoms with Gasteiger partial charge in [-0.25, -0.2) is 9.98 Å². The summed E-state index contributed by atoms with van der Waals surface area (Å²) < 4.78 is 0. The van der Waals surface area contributed by atoms with E-state index in [9.17, 15) is 0 Å². The van der Waals surface area contributed by atoms with Crippen molar-refractivity contribution in [2.75, 3.05) is 4.90 Å². The van der Waals surface area contributed by atoms with E-state index in [1.807, 2.05) is 0 Å². The van der Waals surface area contributed by atoms with Crippen LogP contribution in [0.25, 0.3) is 5.57 Å². The zero-order valence-corrected chi connectivity index (χ0v) is 41.3. The summed E-state index contributed by atoms with van der Waals surface area (Å²) in [7, 11) is 0. The SMILES string of the molecule is C/C=C\CC(C)(C)C1=NC(c2cc(C3=CC=C(C4C=CC=CC4)C(C4CCCCC4)C3)cnc2N2c3ccc(C4C=CC=CC4)cc3C3C=C(C4C=CC=CC4)C=CC32)NC(C)(c2ccccc2)N1. The average Bonchev–Trinajstić information content (AvgIpc) is 3.74. The number of rotatable bonds is 11. The van der Waals surface area contributed by atoms with Crippen LogP contribution in [0.5, 0.6) is 0 Å². The molecule has 0 amide bonds. The zero-order chi connectivity index (χ0) is 47.0. The van der Waals surface area contributed by atoms with Crippen LogP contribution < -0.4 is 15.5 Å². The third kappa shape index (κ3) is 9.04. The number of amidine groups is 1. The third-order valence-electron chi connectivity index (χ3n) is 16.7. The summed E-state index contributed by atoms with van der Waals surface area (Å²) in [4.78, 5) is 14.1. The standard InChI is InChI=1S/C64H71N5/c1-5-6-38-63(2,3)62-66-60(67-64(4,68-62)52-30-20-11-21-31-52)57-42-51(50-32-35-53(46-26-16-9-17-27-46)54(39-50)47-28-18-10-19-29-47)43-65-61(57)69-58-36-33-48(44-22-12-7-13-23-44)40-55(58)56-41-49(34-37-59(56)69)45-24-14-8-15-25-45/h5-9,11-17,20-22,24,26,30-37,40-47,54-55,58,60,67H,10,18-19,23,25,27-29,38-39H2,1-4H3,(H,66,68)/b6-5-. The highest BCUT2D eigenvalue weighted by Crippen LogP contribution is 2.53. The van der Waals surface area contributed by atoms with Gasteiger partial charge in [0.15, 0.2) is 0 Å². The van der Waals surface area contributed by atoms with Crippen molar-refractivity contribution < 1.29 is 0 Å². The number of hydrogen-bond donors (Lipinski definition) is 2. The molecule has 1 saturated carbocycles. The van der Waals surface area contributed by atoms with E-state index in [2.05, 4.69) is 219 Å². The molecule has 2 N–H and O–H groups in total. The molecule has 5 heteroatoms. The number of anilines is 2. The van der Waals surface area contributed by atoms with Crippen LogP contribution in [0.15, 0.2) is 192 Å². The van der Waals surface area contributed by atoms with Gasteiger partial charge in [0, 0.05) is 46.5 Å². The number of aliphatic imine (C=N–C) groups is 1. The van der Waals surface area contributed by atoms with Gasteiger partial charge in [0.05, 0.1) is 6.04 Å². The second kappa shape index (κ2) is 19.4. The quantitative estimate of drug-likeness (QED) is 0.188. The molecule has 11 rings (SSSR count). The van der Waals surface area contributed by atoms with E-state index in [0.29, 0.717) is 29.6 Å². The number of fused-ring (bicyclic) bond motifs is 3. The number of nitrogens with zero attached hydrogens (tertiary/aromatic N) is 3. The molecule has 2 aliphatic heterocycles. The highest BCUT2D eigenvalue weighted by molar-refractivity contribution is 5.89. The largest absolute Gasteiger partial charge is 0.352 e. The summed E-state index contributed by atoms with van der Waals surface area (Å²) in [5, 5.41) is 8.11. The first-order valence-corrected chi connectivity index (χ1v) is 26.3. The maximum atomic E-state index is 5.78. The van der Waals surface area contributed by atoms with Crippen molar-refractivity contribution in [1.29, 1.82) is 0 Å². The van der Waals surface area contributed by atoms with Gasteiger partial charge in [-0.05, 0) is 116 Å². The van der Waals surface area contributed by atoms with Crippen LogP contribution in [-0.2, 0) is 5.66 Å². The summed E-state index contributed by atoms with van der Waals surface area (Å²) in [5.41, 5.74) is 11.1. The lowest BCUT2D eigenvalue weighted by Gasteiger charge is -2.45. The van der Waals surface area contributed by atoms with Crippen molar-refractivity contribution in [1.82, 2.24) is 15.6 Å². The van der Waals surface area contributed by atoms with Crippen molar-refractivity contribution in [3.05, 3.63) is 215 Å². The normalized spacial score (nSPS) is 29.6. The molecule has 0 bridgehead atoms. The molecular weight excluding hydrogens is 839 g/mol. The van der Waals surface area contributed by atoms with Gasteiger partial charge < -0.3 is 10.2 Å². The van der Waals surface area contributed by atoms with Crippen LogP contribution in [0.3, 0.4) is 0 Å². The van der Waals surface area contributed by atoms with E-state index in [1.165, 1.54) is 71.2 Å². The van der Waals surface area contributed by atoms with Crippen molar-refractivity contribution in [3.8, 4) is 0 Å². The minimum absolute atomic E-state index is 0.0606. The van der Waals surface area contributed by atoms with Gasteiger partial charge in [0.25, 0.3) is 0 Å². The predicted molar refractivity (Wildman–Crippen MR) is 289 cm³/mol. The lowest BCUT2D eigenvalue weighted by atomic mass is 9.68. The van der Waals surface area contributed by atoms with E-state index in [-0.39, 0.29) is 23.5 Å². The fourth-order valence-corrected chi connectivity index (χ4v) is 12.7. The van der Waals surface area contributed by atoms with Gasteiger partial charge in [-0.1, -0.05) is 197 Å². The minimum atomic E-state index is -0.605. The molecule has 352 valence electrons. The molecule has 1 aromatic heterocycles. The lowest BCUT2D eigenvalue weighted by Crippen LogP contribution is -2.61. The molecule has 69 heavy (non-hydrogen) atoms. The molecule has 1 fully saturated rings. The number of benzene rings is 2. The highest BCUT2D eigenvalue weighted by atomic mass is 15.3. The molecular formula is C64H71N5. The Balaban J connectivity index is 1.08. The fraction of sp³-hybridized carbons (Fsp3) is 0.375. The second-order valence-corrected chi connectivity index (χ2v) is 21.7. The maximum absolute atomic E-state index is 5.78. The molecule has 6 aliphatic carbocycles.